The lowest BCUT2D eigenvalue weighted by Gasteiger charge is -2.41. The largest absolute Gasteiger partial charge is 0.477 e. The Morgan fingerprint density at radius 3 is 1.90 bits per heavy atom. The van der Waals surface area contributed by atoms with Gasteiger partial charge in [0.25, 0.3) is 5.91 Å². The van der Waals surface area contributed by atoms with E-state index in [0.717, 1.165) is 16.7 Å². The zero-order chi connectivity index (χ0) is 48.6. The number of rotatable bonds is 25. The molecule has 2 heterocycles. The van der Waals surface area contributed by atoms with Crippen LogP contribution in [0.2, 0.25) is 0 Å². The van der Waals surface area contributed by atoms with Crippen molar-refractivity contribution in [1.29, 1.82) is 0 Å². The zero-order valence-corrected chi connectivity index (χ0v) is 39.8. The molecule has 4 N–H and O–H groups in total. The number of nitrogens with one attached hydrogen (secondary N) is 4. The van der Waals surface area contributed by atoms with Gasteiger partial charge in [0.2, 0.25) is 17.7 Å². The number of carbonyl (C=O) groups is 6. The first kappa shape index (κ1) is 51.9. The number of esters is 1. The van der Waals surface area contributed by atoms with Crippen molar-refractivity contribution in [3.63, 3.8) is 0 Å². The SMILES string of the molecule is C#CCOc1cc(C[N+]2(CC(=O)N[C@@H](CCc3ccccc3)C(=O)NC(CC(C)C)C(=O)N[C@@H](Cc3ccccc3)C(=O)N[C@@H](CC(C)C)C(=O)[C@@]3(C)CO3)CCOCC2)ccc1OC(C)=O. The van der Waals surface area contributed by atoms with Gasteiger partial charge in [-0.1, -0.05) is 94.3 Å². The molecule has 0 spiro atoms. The number of ether oxygens (including phenoxy) is 4. The van der Waals surface area contributed by atoms with Crippen molar-refractivity contribution in [3.05, 3.63) is 95.6 Å². The third-order valence-electron chi connectivity index (χ3n) is 11.9. The molecule has 5 rings (SSSR count). The average Bonchev–Trinajstić information content (AvgIpc) is 4.05. The fourth-order valence-electron chi connectivity index (χ4n) is 8.28. The normalized spacial score (nSPS) is 18.0. The summed E-state index contributed by atoms with van der Waals surface area (Å²) in [6.07, 6.45) is 6.91. The second-order valence-corrected chi connectivity index (χ2v) is 18.7. The Morgan fingerprint density at radius 1 is 0.731 bits per heavy atom. The molecule has 2 aliphatic heterocycles. The molecule has 3 aromatic rings. The summed E-state index contributed by atoms with van der Waals surface area (Å²) in [7, 11) is 0. The van der Waals surface area contributed by atoms with E-state index in [1.807, 2.05) is 94.4 Å². The molecule has 3 aromatic carbocycles. The van der Waals surface area contributed by atoms with Gasteiger partial charge >= 0.3 is 5.97 Å². The minimum atomic E-state index is -1.09. The van der Waals surface area contributed by atoms with E-state index in [0.29, 0.717) is 55.9 Å². The highest BCUT2D eigenvalue weighted by Crippen LogP contribution is 2.31. The van der Waals surface area contributed by atoms with E-state index >= 15 is 0 Å². The van der Waals surface area contributed by atoms with E-state index in [1.165, 1.54) is 6.92 Å². The minimum absolute atomic E-state index is 0.0164. The van der Waals surface area contributed by atoms with Gasteiger partial charge < -0.3 is 44.7 Å². The van der Waals surface area contributed by atoms with Crippen LogP contribution < -0.4 is 30.7 Å². The molecule has 0 aliphatic carbocycles. The topological polar surface area (TPSA) is 191 Å². The van der Waals surface area contributed by atoms with E-state index in [9.17, 15) is 28.8 Å². The zero-order valence-electron chi connectivity index (χ0n) is 39.8. The molecule has 67 heavy (non-hydrogen) atoms. The van der Waals surface area contributed by atoms with Crippen molar-refractivity contribution < 1.29 is 52.2 Å². The van der Waals surface area contributed by atoms with Crippen LogP contribution in [-0.4, -0.2) is 116 Å². The third-order valence-corrected chi connectivity index (χ3v) is 11.9. The van der Waals surface area contributed by atoms with Crippen LogP contribution in [0.15, 0.2) is 78.9 Å². The van der Waals surface area contributed by atoms with Crippen LogP contribution >= 0.6 is 0 Å². The predicted molar refractivity (Wildman–Crippen MR) is 252 cm³/mol. The number of carbonyl (C=O) groups excluding carboxylic acids is 6. The van der Waals surface area contributed by atoms with Crippen LogP contribution in [0.5, 0.6) is 11.5 Å². The number of hydrogen-bond donors (Lipinski definition) is 4. The molecule has 1 unspecified atom stereocenters. The molecule has 5 atom stereocenters. The number of aryl methyl sites for hydroxylation is 1. The lowest BCUT2D eigenvalue weighted by Crippen LogP contribution is -2.61. The number of benzene rings is 3. The Balaban J connectivity index is 1.36. The molecule has 360 valence electrons. The predicted octanol–water partition coefficient (Wildman–Crippen LogP) is 4.24. The first-order valence-electron chi connectivity index (χ1n) is 23.2. The lowest BCUT2D eigenvalue weighted by atomic mass is 9.93. The van der Waals surface area contributed by atoms with Crippen LogP contribution in [0.1, 0.15) is 77.5 Å². The minimum Gasteiger partial charge on any atom is -0.477 e. The van der Waals surface area contributed by atoms with E-state index in [-0.39, 0.29) is 68.3 Å². The van der Waals surface area contributed by atoms with Crippen LogP contribution in [0.25, 0.3) is 0 Å². The van der Waals surface area contributed by atoms with Gasteiger partial charge in [0.15, 0.2) is 23.8 Å². The third kappa shape index (κ3) is 16.3. The van der Waals surface area contributed by atoms with Crippen molar-refractivity contribution in [3.8, 4) is 23.8 Å². The molecule has 15 heteroatoms. The summed E-state index contributed by atoms with van der Waals surface area (Å²) in [6, 6.07) is 20.0. The number of ketones is 1. The Labute approximate surface area is 395 Å². The van der Waals surface area contributed by atoms with Gasteiger partial charge in [0, 0.05) is 18.9 Å². The van der Waals surface area contributed by atoms with Crippen molar-refractivity contribution in [1.82, 2.24) is 21.3 Å². The van der Waals surface area contributed by atoms with E-state index < -0.39 is 53.5 Å². The fourth-order valence-corrected chi connectivity index (χ4v) is 8.28. The molecule has 15 nitrogen and oxygen atoms in total. The van der Waals surface area contributed by atoms with Gasteiger partial charge in [-0.25, -0.2) is 0 Å². The number of Topliss-reactive ketones (excluding diaryl/α,β-unsaturated/α-hetero) is 1. The number of amides is 4. The molecular formula is C52H68N5O10+. The number of quaternary nitrogens is 1. The summed E-state index contributed by atoms with van der Waals surface area (Å²) in [4.78, 5) is 82.6. The first-order valence-corrected chi connectivity index (χ1v) is 23.2. The molecule has 2 fully saturated rings. The molecule has 2 aliphatic rings. The van der Waals surface area contributed by atoms with E-state index in [4.69, 9.17) is 25.4 Å². The number of epoxide rings is 1. The van der Waals surface area contributed by atoms with Crippen LogP contribution in [0.3, 0.4) is 0 Å². The van der Waals surface area contributed by atoms with Gasteiger partial charge in [0.1, 0.15) is 50.0 Å². The second-order valence-electron chi connectivity index (χ2n) is 18.7. The van der Waals surface area contributed by atoms with Crippen LogP contribution in [0, 0.1) is 24.2 Å². The summed E-state index contributed by atoms with van der Waals surface area (Å²) in [5.74, 6) is 0.255. The summed E-state index contributed by atoms with van der Waals surface area (Å²) < 4.78 is 22.5. The molecule has 0 aromatic heterocycles. The van der Waals surface area contributed by atoms with Crippen LogP contribution in [-0.2, 0) is 57.6 Å². The average molecular weight is 923 g/mol. The van der Waals surface area contributed by atoms with E-state index in [1.54, 1.807) is 19.1 Å². The van der Waals surface area contributed by atoms with Crippen molar-refractivity contribution in [2.45, 2.75) is 110 Å². The number of nitrogens with zero attached hydrogens (tertiary/aromatic N) is 1. The standard InChI is InChI=1S/C52H67N5O10/c1-8-25-65-46-31-40(20-22-45(46)67-37(6)58)32-57(23-26-64-27-24-57)33-47(59)53-41(21-19-38-15-11-9-12-16-38)49(61)55-43(29-36(4)5)50(62)56-44(30-39-17-13-10-14-18-39)51(63)54-42(28-35(2)3)48(60)52(7)34-66-52/h1,9-18,20,22,31,35-36,41-44H,19,21,23-30,32-34H2,2-7H3,(H3-,53,54,55,56,59,61,62,63)/p+1/t41-,42-,43?,44-,52+/m0/s1. The summed E-state index contributed by atoms with van der Waals surface area (Å²) in [5.41, 5.74) is 1.61. The Bertz CT molecular complexity index is 2200. The number of terminal acetylenes is 1. The van der Waals surface area contributed by atoms with Gasteiger partial charge in [-0.2, -0.15) is 0 Å². The van der Waals surface area contributed by atoms with Crippen LogP contribution in [0.4, 0.5) is 0 Å². The maximum absolute atomic E-state index is 14.5. The Hall–Kier alpha value is -6.08. The molecule has 0 bridgehead atoms. The summed E-state index contributed by atoms with van der Waals surface area (Å²) in [5, 5.41) is 11.8. The van der Waals surface area contributed by atoms with Gasteiger partial charge in [-0.15, -0.1) is 6.42 Å². The van der Waals surface area contributed by atoms with Crippen molar-refractivity contribution in [2.75, 3.05) is 46.1 Å². The molecule has 2 saturated heterocycles. The lowest BCUT2D eigenvalue weighted by molar-refractivity contribution is -0.940. The smallest absolute Gasteiger partial charge is 0.308 e. The first-order chi connectivity index (χ1) is 32.0. The maximum Gasteiger partial charge on any atom is 0.308 e. The van der Waals surface area contributed by atoms with Gasteiger partial charge in [-0.05, 0) is 73.8 Å². The summed E-state index contributed by atoms with van der Waals surface area (Å²) in [6.45, 7) is 13.3. The van der Waals surface area contributed by atoms with E-state index in [2.05, 4.69) is 27.2 Å². The van der Waals surface area contributed by atoms with Gasteiger partial charge in [0.05, 0.1) is 25.9 Å². The molecule has 0 saturated carbocycles. The van der Waals surface area contributed by atoms with Crippen molar-refractivity contribution in [2.24, 2.45) is 11.8 Å². The quantitative estimate of drug-likeness (QED) is 0.0315. The Morgan fingerprint density at radius 2 is 1.30 bits per heavy atom. The number of hydrogen-bond acceptors (Lipinski definition) is 10. The highest BCUT2D eigenvalue weighted by atomic mass is 16.6. The second kappa shape index (κ2) is 24.6. The fraction of sp³-hybridized carbons (Fsp3) is 0.500. The Kier molecular flexibility index (Phi) is 19.1. The summed E-state index contributed by atoms with van der Waals surface area (Å²) >= 11 is 0. The molecule has 4 amide bonds. The van der Waals surface area contributed by atoms with Crippen molar-refractivity contribution >= 4 is 35.4 Å². The maximum atomic E-state index is 14.5. The molecular weight excluding hydrogens is 855 g/mol. The van der Waals surface area contributed by atoms with Gasteiger partial charge in [-0.3, -0.25) is 28.8 Å². The highest BCUT2D eigenvalue weighted by Gasteiger charge is 2.50. The number of morpholine rings is 1. The highest BCUT2D eigenvalue weighted by molar-refractivity contribution is 5.98. The monoisotopic (exact) mass is 922 g/mol. The molecule has 0 radical (unpaired) electrons.